The van der Waals surface area contributed by atoms with Crippen molar-refractivity contribution in [2.24, 2.45) is 0 Å². The van der Waals surface area contributed by atoms with Crippen LogP contribution in [-0.2, 0) is 29.2 Å². The van der Waals surface area contributed by atoms with Crippen molar-refractivity contribution in [3.05, 3.63) is 53.5 Å². The Labute approximate surface area is 152 Å². The Hall–Kier alpha value is -1.96. The molecule has 0 saturated carbocycles. The normalized spacial score (nSPS) is 14.1. The van der Waals surface area contributed by atoms with Gasteiger partial charge in [-0.15, -0.1) is 12.4 Å². The zero-order chi connectivity index (χ0) is 16.7. The maximum atomic E-state index is 13.2. The van der Waals surface area contributed by atoms with E-state index in [4.69, 9.17) is 0 Å². The quantitative estimate of drug-likeness (QED) is 0.756. The predicted molar refractivity (Wildman–Crippen MR) is 96.9 cm³/mol. The van der Waals surface area contributed by atoms with Crippen LogP contribution in [0.5, 0.6) is 0 Å². The van der Waals surface area contributed by atoms with Crippen LogP contribution < -0.4 is 5.32 Å². The molecule has 0 saturated heterocycles. The Bertz CT molecular complexity index is 1020. The second-order valence-corrected chi connectivity index (χ2v) is 7.74. The van der Waals surface area contributed by atoms with Gasteiger partial charge in [0.05, 0.1) is 16.3 Å². The number of benzene rings is 1. The molecule has 1 aliphatic rings. The van der Waals surface area contributed by atoms with Crippen molar-refractivity contribution < 1.29 is 8.42 Å². The van der Waals surface area contributed by atoms with Crippen molar-refractivity contribution in [2.75, 3.05) is 6.54 Å². The number of hydrogen-bond donors (Lipinski definition) is 1. The molecule has 0 radical (unpaired) electrons. The van der Waals surface area contributed by atoms with E-state index in [2.05, 4.69) is 15.4 Å². The highest BCUT2D eigenvalue weighted by atomic mass is 35.5. The van der Waals surface area contributed by atoms with Crippen molar-refractivity contribution in [1.29, 1.82) is 0 Å². The average molecular weight is 379 g/mol. The van der Waals surface area contributed by atoms with Crippen LogP contribution in [0.4, 0.5) is 0 Å². The monoisotopic (exact) mass is 378 g/mol. The number of aromatic nitrogens is 3. The molecule has 3 heterocycles. The number of rotatable bonds is 3. The summed E-state index contributed by atoms with van der Waals surface area (Å²) in [6, 6.07) is 8.48. The summed E-state index contributed by atoms with van der Waals surface area (Å²) in [6.45, 7) is 3.50. The largest absolute Gasteiger partial charge is 0.312 e. The fourth-order valence-electron chi connectivity index (χ4n) is 3.09. The van der Waals surface area contributed by atoms with Gasteiger partial charge in [-0.2, -0.15) is 5.10 Å². The van der Waals surface area contributed by atoms with Gasteiger partial charge in [0.1, 0.15) is 4.90 Å². The standard InChI is InChI=1S/C17H18N4O2S.ClH/c1-2-14-16(24(22,23)13-6-4-3-5-7-13)17-19-15-8-9-18-10-12(15)11-21(17)20-14;/h3-7,11,18H,2,8-10H2,1H3;1H. The van der Waals surface area contributed by atoms with E-state index in [1.165, 1.54) is 0 Å². The van der Waals surface area contributed by atoms with Gasteiger partial charge in [-0.05, 0) is 18.6 Å². The van der Waals surface area contributed by atoms with Gasteiger partial charge in [0.15, 0.2) is 5.65 Å². The first-order valence-electron chi connectivity index (χ1n) is 8.02. The lowest BCUT2D eigenvalue weighted by molar-refractivity contribution is 0.595. The first-order valence-corrected chi connectivity index (χ1v) is 9.50. The lowest BCUT2D eigenvalue weighted by Crippen LogP contribution is -2.25. The van der Waals surface area contributed by atoms with E-state index in [9.17, 15) is 8.42 Å². The van der Waals surface area contributed by atoms with E-state index in [0.29, 0.717) is 17.8 Å². The van der Waals surface area contributed by atoms with Crippen LogP contribution >= 0.6 is 12.4 Å². The summed E-state index contributed by atoms with van der Waals surface area (Å²) >= 11 is 0. The minimum Gasteiger partial charge on any atom is -0.312 e. The molecule has 0 amide bonds. The van der Waals surface area contributed by atoms with E-state index >= 15 is 0 Å². The van der Waals surface area contributed by atoms with Crippen LogP contribution in [-0.4, -0.2) is 29.6 Å². The van der Waals surface area contributed by atoms with Gasteiger partial charge in [0.25, 0.3) is 0 Å². The highest BCUT2D eigenvalue weighted by molar-refractivity contribution is 7.91. The van der Waals surface area contributed by atoms with Crippen molar-refractivity contribution in [3.8, 4) is 0 Å². The molecule has 1 N–H and O–H groups in total. The Kier molecular flexibility index (Phi) is 4.81. The van der Waals surface area contributed by atoms with Crippen LogP contribution in [0, 0.1) is 0 Å². The Morgan fingerprint density at radius 3 is 2.72 bits per heavy atom. The Balaban J connectivity index is 0.00000182. The second kappa shape index (κ2) is 6.74. The zero-order valence-electron chi connectivity index (χ0n) is 13.8. The first-order chi connectivity index (χ1) is 11.6. The van der Waals surface area contributed by atoms with Gasteiger partial charge >= 0.3 is 0 Å². The van der Waals surface area contributed by atoms with Gasteiger partial charge in [0.2, 0.25) is 9.84 Å². The number of nitrogens with zero attached hydrogens (tertiary/aromatic N) is 3. The minimum atomic E-state index is -3.65. The van der Waals surface area contributed by atoms with Gasteiger partial charge in [-0.3, -0.25) is 0 Å². The molecule has 0 aliphatic carbocycles. The van der Waals surface area contributed by atoms with E-state index in [0.717, 1.165) is 30.8 Å². The predicted octanol–water partition coefficient (Wildman–Crippen LogP) is 2.19. The third kappa shape index (κ3) is 2.92. The molecule has 2 aromatic heterocycles. The molecule has 1 aliphatic heterocycles. The van der Waals surface area contributed by atoms with Gasteiger partial charge < -0.3 is 5.32 Å². The third-order valence-electron chi connectivity index (χ3n) is 4.31. The SMILES string of the molecule is CCc1nn2cc3c(nc2c1S(=O)(=O)c1ccccc1)CCNC3.Cl. The molecule has 1 aromatic carbocycles. The lowest BCUT2D eigenvalue weighted by atomic mass is 10.1. The number of fused-ring (bicyclic) bond motifs is 2. The van der Waals surface area contributed by atoms with Crippen molar-refractivity contribution in [1.82, 2.24) is 19.9 Å². The van der Waals surface area contributed by atoms with Crippen molar-refractivity contribution >= 4 is 27.9 Å². The second-order valence-electron chi connectivity index (χ2n) is 5.85. The fraction of sp³-hybridized carbons (Fsp3) is 0.294. The molecular weight excluding hydrogens is 360 g/mol. The minimum absolute atomic E-state index is 0. The van der Waals surface area contributed by atoms with E-state index in [-0.39, 0.29) is 22.2 Å². The molecule has 0 atom stereocenters. The van der Waals surface area contributed by atoms with Crippen LogP contribution in [0.2, 0.25) is 0 Å². The van der Waals surface area contributed by atoms with Crippen LogP contribution in [0.25, 0.3) is 5.65 Å². The van der Waals surface area contributed by atoms with E-state index in [1.54, 1.807) is 34.8 Å². The average Bonchev–Trinajstić information content (AvgIpc) is 2.98. The van der Waals surface area contributed by atoms with E-state index in [1.807, 2.05) is 13.1 Å². The van der Waals surface area contributed by atoms with Crippen LogP contribution in [0.3, 0.4) is 0 Å². The summed E-state index contributed by atoms with van der Waals surface area (Å²) in [5, 5.41) is 7.78. The molecule has 6 nitrogen and oxygen atoms in total. The summed E-state index contributed by atoms with van der Waals surface area (Å²) in [5.41, 5.74) is 3.01. The maximum Gasteiger partial charge on any atom is 0.212 e. The Morgan fingerprint density at radius 1 is 1.24 bits per heavy atom. The number of sulfone groups is 1. The molecule has 8 heteroatoms. The van der Waals surface area contributed by atoms with Crippen LogP contribution in [0.15, 0.2) is 46.3 Å². The number of halogens is 1. The lowest BCUT2D eigenvalue weighted by Gasteiger charge is -2.16. The van der Waals surface area contributed by atoms with Crippen LogP contribution in [0.1, 0.15) is 23.9 Å². The van der Waals surface area contributed by atoms with Crippen molar-refractivity contribution in [2.45, 2.75) is 36.1 Å². The van der Waals surface area contributed by atoms with Gasteiger partial charge in [-0.25, -0.2) is 17.9 Å². The molecule has 132 valence electrons. The summed E-state index contributed by atoms with van der Waals surface area (Å²) in [6.07, 6.45) is 3.23. The number of hydrogen-bond acceptors (Lipinski definition) is 5. The number of nitrogens with one attached hydrogen (secondary N) is 1. The summed E-state index contributed by atoms with van der Waals surface area (Å²) in [4.78, 5) is 5.17. The molecule has 3 aromatic rings. The molecular formula is C17H19ClN4O2S. The molecule has 4 rings (SSSR count). The van der Waals surface area contributed by atoms with Gasteiger partial charge in [0, 0.05) is 31.3 Å². The number of aryl methyl sites for hydroxylation is 1. The maximum absolute atomic E-state index is 13.2. The summed E-state index contributed by atoms with van der Waals surface area (Å²) in [5.74, 6) is 0. The third-order valence-corrected chi connectivity index (χ3v) is 6.16. The molecule has 0 fully saturated rings. The molecule has 0 bridgehead atoms. The fourth-order valence-corrected chi connectivity index (χ4v) is 4.71. The first kappa shape index (κ1) is 17.8. The van der Waals surface area contributed by atoms with E-state index < -0.39 is 9.84 Å². The smallest absolute Gasteiger partial charge is 0.212 e. The highest BCUT2D eigenvalue weighted by Gasteiger charge is 2.28. The Morgan fingerprint density at radius 2 is 2.00 bits per heavy atom. The highest BCUT2D eigenvalue weighted by Crippen LogP contribution is 2.28. The molecule has 0 spiro atoms. The zero-order valence-corrected chi connectivity index (χ0v) is 15.4. The summed E-state index contributed by atoms with van der Waals surface area (Å²) < 4.78 is 27.9. The summed E-state index contributed by atoms with van der Waals surface area (Å²) in [7, 11) is -3.65. The molecule has 0 unspecified atom stereocenters. The van der Waals surface area contributed by atoms with Crippen molar-refractivity contribution in [3.63, 3.8) is 0 Å². The topological polar surface area (TPSA) is 76.4 Å². The van der Waals surface area contributed by atoms with Gasteiger partial charge in [-0.1, -0.05) is 25.1 Å². The molecule has 25 heavy (non-hydrogen) atoms.